The molecule has 22 heavy (non-hydrogen) atoms. The molecule has 5 nitrogen and oxygen atoms in total. The predicted molar refractivity (Wildman–Crippen MR) is 87.1 cm³/mol. The van der Waals surface area contributed by atoms with E-state index in [4.69, 9.17) is 10.5 Å². The fourth-order valence-corrected chi connectivity index (χ4v) is 3.72. The SMILES string of the molecule is CC(C)(C)[C@H]1OCCC[C@@H]1CNC(=O)c1cc(C(N)=O)cs1. The first kappa shape index (κ1) is 17.0. The van der Waals surface area contributed by atoms with Crippen molar-refractivity contribution in [3.8, 4) is 0 Å². The molecule has 0 bridgehead atoms. The Morgan fingerprint density at radius 1 is 1.45 bits per heavy atom. The van der Waals surface area contributed by atoms with Crippen molar-refractivity contribution in [2.75, 3.05) is 13.2 Å². The molecule has 1 aliphatic heterocycles. The van der Waals surface area contributed by atoms with Gasteiger partial charge in [-0.05, 0) is 24.3 Å². The average Bonchev–Trinajstić information content (AvgIpc) is 2.94. The fraction of sp³-hybridized carbons (Fsp3) is 0.625. The lowest BCUT2D eigenvalue weighted by Gasteiger charge is -2.40. The van der Waals surface area contributed by atoms with E-state index < -0.39 is 5.91 Å². The zero-order valence-corrected chi connectivity index (χ0v) is 14.2. The number of hydrogen-bond acceptors (Lipinski definition) is 4. The van der Waals surface area contributed by atoms with Crippen LogP contribution < -0.4 is 11.1 Å². The third-order valence-electron chi connectivity index (χ3n) is 3.93. The molecule has 0 aliphatic carbocycles. The molecule has 3 N–H and O–H groups in total. The van der Waals surface area contributed by atoms with Crippen LogP contribution in [0.2, 0.25) is 0 Å². The summed E-state index contributed by atoms with van der Waals surface area (Å²) in [5, 5.41) is 4.57. The number of thiophene rings is 1. The molecular weight excluding hydrogens is 300 g/mol. The molecule has 0 radical (unpaired) electrons. The average molecular weight is 324 g/mol. The van der Waals surface area contributed by atoms with E-state index in [0.29, 0.717) is 22.9 Å². The maximum absolute atomic E-state index is 12.2. The number of amides is 2. The topological polar surface area (TPSA) is 81.4 Å². The standard InChI is InChI=1S/C16H24N2O3S/c1-16(2,3)13-10(5-4-6-21-13)8-18-15(20)12-7-11(9-22-12)14(17)19/h7,9-10,13H,4-6,8H2,1-3H3,(H2,17,19)(H,18,20)/t10-,13+/m1/s1. The first-order valence-corrected chi connectivity index (χ1v) is 8.45. The van der Waals surface area contributed by atoms with Crippen LogP contribution in [-0.2, 0) is 4.74 Å². The highest BCUT2D eigenvalue weighted by Gasteiger charge is 2.35. The molecule has 1 saturated heterocycles. The van der Waals surface area contributed by atoms with Gasteiger partial charge < -0.3 is 15.8 Å². The number of carbonyl (C=O) groups excluding carboxylic acids is 2. The minimum absolute atomic E-state index is 0.0535. The maximum Gasteiger partial charge on any atom is 0.261 e. The normalized spacial score (nSPS) is 22.3. The highest BCUT2D eigenvalue weighted by Crippen LogP contribution is 2.33. The Balaban J connectivity index is 1.95. The van der Waals surface area contributed by atoms with E-state index >= 15 is 0 Å². The van der Waals surface area contributed by atoms with Crippen LogP contribution in [0, 0.1) is 11.3 Å². The Morgan fingerprint density at radius 3 is 2.77 bits per heavy atom. The summed E-state index contributed by atoms with van der Waals surface area (Å²) in [6.45, 7) is 7.87. The Bertz CT molecular complexity index is 548. The summed E-state index contributed by atoms with van der Waals surface area (Å²) < 4.78 is 5.92. The lowest BCUT2D eigenvalue weighted by atomic mass is 9.78. The molecule has 1 aromatic heterocycles. The Hall–Kier alpha value is -1.40. The molecule has 2 heterocycles. The van der Waals surface area contributed by atoms with Gasteiger partial charge in [0, 0.05) is 24.4 Å². The van der Waals surface area contributed by atoms with Crippen LogP contribution in [0.15, 0.2) is 11.4 Å². The Labute approximate surface area is 135 Å². The summed E-state index contributed by atoms with van der Waals surface area (Å²) in [6.07, 6.45) is 2.22. The second-order valence-corrected chi connectivity index (χ2v) is 7.74. The number of nitrogens with two attached hydrogens (primary N) is 1. The van der Waals surface area contributed by atoms with Crippen molar-refractivity contribution in [3.05, 3.63) is 21.9 Å². The largest absolute Gasteiger partial charge is 0.377 e. The molecule has 0 spiro atoms. The van der Waals surface area contributed by atoms with E-state index in [0.717, 1.165) is 19.4 Å². The zero-order chi connectivity index (χ0) is 16.3. The highest BCUT2D eigenvalue weighted by atomic mass is 32.1. The van der Waals surface area contributed by atoms with Gasteiger partial charge >= 0.3 is 0 Å². The van der Waals surface area contributed by atoms with Gasteiger partial charge in [-0.25, -0.2) is 0 Å². The number of primary amides is 1. The summed E-state index contributed by atoms with van der Waals surface area (Å²) in [5.41, 5.74) is 5.64. The second kappa shape index (κ2) is 6.79. The Morgan fingerprint density at radius 2 is 2.18 bits per heavy atom. The molecule has 0 saturated carbocycles. The van der Waals surface area contributed by atoms with Gasteiger partial charge in [-0.15, -0.1) is 11.3 Å². The first-order valence-electron chi connectivity index (χ1n) is 7.57. The van der Waals surface area contributed by atoms with Gasteiger partial charge in [0.1, 0.15) is 0 Å². The number of hydrogen-bond donors (Lipinski definition) is 2. The van der Waals surface area contributed by atoms with Crippen molar-refractivity contribution in [3.63, 3.8) is 0 Å². The maximum atomic E-state index is 12.2. The van der Waals surface area contributed by atoms with Crippen molar-refractivity contribution in [1.29, 1.82) is 0 Å². The predicted octanol–water partition coefficient (Wildman–Crippen LogP) is 2.42. The molecule has 1 aliphatic rings. The van der Waals surface area contributed by atoms with Crippen LogP contribution in [0.4, 0.5) is 0 Å². The quantitative estimate of drug-likeness (QED) is 0.892. The van der Waals surface area contributed by atoms with Crippen LogP contribution in [0.3, 0.4) is 0 Å². The van der Waals surface area contributed by atoms with E-state index in [1.165, 1.54) is 11.3 Å². The van der Waals surface area contributed by atoms with E-state index in [1.54, 1.807) is 11.4 Å². The van der Waals surface area contributed by atoms with Gasteiger partial charge in [-0.3, -0.25) is 9.59 Å². The zero-order valence-electron chi connectivity index (χ0n) is 13.3. The first-order chi connectivity index (χ1) is 10.3. The minimum atomic E-state index is -0.510. The second-order valence-electron chi connectivity index (χ2n) is 6.83. The van der Waals surface area contributed by atoms with Crippen molar-refractivity contribution < 1.29 is 14.3 Å². The summed E-state index contributed by atoms with van der Waals surface area (Å²) in [6, 6.07) is 1.54. The third-order valence-corrected chi connectivity index (χ3v) is 4.86. The molecule has 2 atom stereocenters. The number of ether oxygens (including phenoxy) is 1. The molecule has 6 heteroatoms. The molecule has 2 rings (SSSR count). The summed E-state index contributed by atoms with van der Waals surface area (Å²) in [4.78, 5) is 23.8. The van der Waals surface area contributed by atoms with E-state index in [9.17, 15) is 9.59 Å². The molecule has 0 unspecified atom stereocenters. The van der Waals surface area contributed by atoms with Crippen molar-refractivity contribution in [2.45, 2.75) is 39.7 Å². The third kappa shape index (κ3) is 4.08. The van der Waals surface area contributed by atoms with Gasteiger partial charge in [0.25, 0.3) is 5.91 Å². The number of rotatable bonds is 4. The van der Waals surface area contributed by atoms with Crippen LogP contribution in [0.1, 0.15) is 53.6 Å². The Kier molecular flexibility index (Phi) is 5.24. The van der Waals surface area contributed by atoms with E-state index in [1.807, 2.05) is 0 Å². The van der Waals surface area contributed by atoms with Crippen LogP contribution in [-0.4, -0.2) is 31.1 Å². The van der Waals surface area contributed by atoms with Crippen molar-refractivity contribution >= 4 is 23.2 Å². The van der Waals surface area contributed by atoms with Crippen LogP contribution >= 0.6 is 11.3 Å². The smallest absolute Gasteiger partial charge is 0.261 e. The lowest BCUT2D eigenvalue weighted by molar-refractivity contribution is -0.0839. The van der Waals surface area contributed by atoms with E-state index in [-0.39, 0.29) is 17.4 Å². The molecule has 122 valence electrons. The summed E-state index contributed by atoms with van der Waals surface area (Å²) >= 11 is 1.23. The van der Waals surface area contributed by atoms with Gasteiger partial charge in [0.15, 0.2) is 0 Å². The monoisotopic (exact) mass is 324 g/mol. The molecular formula is C16H24N2O3S. The number of carbonyl (C=O) groups is 2. The van der Waals surface area contributed by atoms with Crippen molar-refractivity contribution in [2.24, 2.45) is 17.1 Å². The van der Waals surface area contributed by atoms with Gasteiger partial charge in [-0.1, -0.05) is 20.8 Å². The van der Waals surface area contributed by atoms with Crippen molar-refractivity contribution in [1.82, 2.24) is 5.32 Å². The molecule has 0 aromatic carbocycles. The van der Waals surface area contributed by atoms with Gasteiger partial charge in [0.2, 0.25) is 5.91 Å². The lowest BCUT2D eigenvalue weighted by Crippen LogP contribution is -2.45. The highest BCUT2D eigenvalue weighted by molar-refractivity contribution is 7.12. The van der Waals surface area contributed by atoms with Gasteiger partial charge in [0.05, 0.1) is 16.5 Å². The fourth-order valence-electron chi connectivity index (χ4n) is 2.90. The summed E-state index contributed by atoms with van der Waals surface area (Å²) in [5.74, 6) is -0.354. The summed E-state index contributed by atoms with van der Waals surface area (Å²) in [7, 11) is 0. The van der Waals surface area contributed by atoms with E-state index in [2.05, 4.69) is 26.1 Å². The van der Waals surface area contributed by atoms with Gasteiger partial charge in [-0.2, -0.15) is 0 Å². The molecule has 1 aromatic rings. The molecule has 2 amide bonds. The minimum Gasteiger partial charge on any atom is -0.377 e. The number of nitrogens with one attached hydrogen (secondary N) is 1. The van der Waals surface area contributed by atoms with Crippen LogP contribution in [0.5, 0.6) is 0 Å². The van der Waals surface area contributed by atoms with Crippen LogP contribution in [0.25, 0.3) is 0 Å². The molecule has 1 fully saturated rings.